The molecule has 0 aromatic heterocycles. The molecule has 1 aliphatic carbocycles. The molecule has 1 fully saturated rings. The van der Waals surface area contributed by atoms with Gasteiger partial charge in [-0.15, -0.1) is 0 Å². The molecule has 1 unspecified atom stereocenters. The Hall–Kier alpha value is 0.350. The van der Waals surface area contributed by atoms with E-state index in [9.17, 15) is 0 Å². The first-order valence-electron chi connectivity index (χ1n) is 4.00. The highest BCUT2D eigenvalue weighted by molar-refractivity contribution is 7.81. The van der Waals surface area contributed by atoms with E-state index in [0.29, 0.717) is 5.25 Å². The molecule has 53 valence electrons. The Kier molecular flexibility index (Phi) is 2.90. The van der Waals surface area contributed by atoms with Crippen LogP contribution < -0.4 is 0 Å². The van der Waals surface area contributed by atoms with Gasteiger partial charge in [0.2, 0.25) is 0 Å². The van der Waals surface area contributed by atoms with Gasteiger partial charge in [0.25, 0.3) is 0 Å². The van der Waals surface area contributed by atoms with Crippen molar-refractivity contribution >= 4 is 12.6 Å². The van der Waals surface area contributed by atoms with E-state index in [1.807, 2.05) is 0 Å². The lowest BCUT2D eigenvalue weighted by atomic mass is 9.81. The quantitative estimate of drug-likeness (QED) is 0.569. The molecule has 1 rings (SSSR count). The predicted molar refractivity (Wildman–Crippen MR) is 43.6 cm³/mol. The zero-order chi connectivity index (χ0) is 6.69. The number of hydrogen-bond acceptors (Lipinski definition) is 0. The molecule has 1 atom stereocenters. The first-order chi connectivity index (χ1) is 4.34. The van der Waals surface area contributed by atoms with Crippen LogP contribution in [0.15, 0.2) is 0 Å². The minimum Gasteiger partial charge on any atom is -0.0901 e. The lowest BCUT2D eigenvalue weighted by Crippen LogP contribution is -2.21. The van der Waals surface area contributed by atoms with Crippen LogP contribution in [0.4, 0.5) is 0 Å². The van der Waals surface area contributed by atoms with Crippen LogP contribution >= 0.6 is 12.6 Å². The van der Waals surface area contributed by atoms with Gasteiger partial charge in [-0.05, 0) is 25.2 Å². The van der Waals surface area contributed by atoms with Crippen LogP contribution in [0.2, 0.25) is 0 Å². The maximum atomic E-state index is 5.31. The maximum Gasteiger partial charge on any atom is 0.0179 e. The molecule has 1 radical (unpaired) electrons. The van der Waals surface area contributed by atoms with Crippen molar-refractivity contribution in [3.63, 3.8) is 0 Å². The van der Waals surface area contributed by atoms with Crippen LogP contribution in [0.1, 0.15) is 39.0 Å². The van der Waals surface area contributed by atoms with Gasteiger partial charge in [0.1, 0.15) is 0 Å². The molecule has 0 aromatic rings. The third-order valence-corrected chi connectivity index (χ3v) is 2.87. The van der Waals surface area contributed by atoms with Gasteiger partial charge in [0.05, 0.1) is 0 Å². The molecule has 9 heavy (non-hydrogen) atoms. The summed E-state index contributed by atoms with van der Waals surface area (Å²) in [4.78, 5) is 0. The Labute approximate surface area is 63.4 Å². The van der Waals surface area contributed by atoms with Crippen molar-refractivity contribution in [2.75, 3.05) is 0 Å². The third kappa shape index (κ3) is 1.89. The highest BCUT2D eigenvalue weighted by atomic mass is 32.1. The van der Waals surface area contributed by atoms with Crippen molar-refractivity contribution in [2.45, 2.75) is 44.3 Å². The lowest BCUT2D eigenvalue weighted by molar-refractivity contribution is 0.299. The van der Waals surface area contributed by atoms with E-state index >= 15 is 0 Å². The largest absolute Gasteiger partial charge is 0.0901 e. The van der Waals surface area contributed by atoms with Crippen LogP contribution in [-0.4, -0.2) is 5.25 Å². The molecule has 1 heteroatoms. The minimum absolute atomic E-state index is 0.601. The Balaban J connectivity index is 2.08. The molecule has 1 aliphatic rings. The third-order valence-electron chi connectivity index (χ3n) is 2.25. The summed E-state index contributed by atoms with van der Waals surface area (Å²) in [6.07, 6.45) is 6.79. The van der Waals surface area contributed by atoms with Crippen LogP contribution in [0.25, 0.3) is 0 Å². The fourth-order valence-electron chi connectivity index (χ4n) is 1.33. The van der Waals surface area contributed by atoms with E-state index in [-0.39, 0.29) is 0 Å². The van der Waals surface area contributed by atoms with Crippen molar-refractivity contribution in [3.8, 4) is 0 Å². The summed E-state index contributed by atoms with van der Waals surface area (Å²) in [6, 6.07) is 0. The van der Waals surface area contributed by atoms with Crippen molar-refractivity contribution in [1.29, 1.82) is 0 Å². The zero-order valence-electron chi connectivity index (χ0n) is 6.10. The van der Waals surface area contributed by atoms with Crippen LogP contribution in [-0.2, 0) is 0 Å². The van der Waals surface area contributed by atoms with Crippen LogP contribution in [0, 0.1) is 5.92 Å². The van der Waals surface area contributed by atoms with E-state index in [4.69, 9.17) is 12.6 Å². The first kappa shape index (κ1) is 7.46. The summed E-state index contributed by atoms with van der Waals surface area (Å²) in [7, 11) is 0. The second-order valence-electron chi connectivity index (χ2n) is 3.02. The van der Waals surface area contributed by atoms with Gasteiger partial charge < -0.3 is 0 Å². The molecule has 0 amide bonds. The average Bonchev–Trinajstić information content (AvgIpc) is 1.60. The Morgan fingerprint density at radius 1 is 1.56 bits per heavy atom. The zero-order valence-corrected chi connectivity index (χ0v) is 6.91. The summed E-state index contributed by atoms with van der Waals surface area (Å²) in [5.41, 5.74) is 0. The van der Waals surface area contributed by atoms with Gasteiger partial charge in [0.15, 0.2) is 0 Å². The average molecular weight is 143 g/mol. The molecule has 0 aromatic carbocycles. The summed E-state index contributed by atoms with van der Waals surface area (Å²) in [5, 5.41) is 0.601. The van der Waals surface area contributed by atoms with Gasteiger partial charge in [0, 0.05) is 5.25 Å². The summed E-state index contributed by atoms with van der Waals surface area (Å²) >= 11 is 5.31. The fourth-order valence-corrected chi connectivity index (χ4v) is 1.84. The molecular formula is C8H15S. The van der Waals surface area contributed by atoms with E-state index in [0.717, 1.165) is 5.92 Å². The van der Waals surface area contributed by atoms with Gasteiger partial charge in [-0.1, -0.05) is 32.4 Å². The van der Waals surface area contributed by atoms with Crippen molar-refractivity contribution < 1.29 is 0 Å². The monoisotopic (exact) mass is 143 g/mol. The van der Waals surface area contributed by atoms with E-state index in [2.05, 4.69) is 6.92 Å². The summed E-state index contributed by atoms with van der Waals surface area (Å²) in [6.45, 7) is 2.22. The molecule has 0 spiro atoms. The Morgan fingerprint density at radius 2 is 2.22 bits per heavy atom. The maximum absolute atomic E-state index is 5.31. The van der Waals surface area contributed by atoms with Crippen molar-refractivity contribution in [3.05, 3.63) is 0 Å². The molecule has 0 bridgehead atoms. The Bertz CT molecular complexity index is 76.6. The standard InChI is InChI=1S/C8H15S/c1-2-4-8(9)7-5-3-6-7/h7-8H,2-6H2,1H3. The van der Waals surface area contributed by atoms with E-state index in [1.54, 1.807) is 0 Å². The normalized spacial score (nSPS) is 23.3. The number of hydrogen-bond donors (Lipinski definition) is 0. The van der Waals surface area contributed by atoms with Gasteiger partial charge in [-0.3, -0.25) is 0 Å². The van der Waals surface area contributed by atoms with Crippen molar-refractivity contribution in [1.82, 2.24) is 0 Å². The predicted octanol–water partition coefficient (Wildman–Crippen LogP) is 3.15. The SMILES string of the molecule is CCCC([S])C1CCC1. The smallest absolute Gasteiger partial charge is 0.0179 e. The lowest BCUT2D eigenvalue weighted by Gasteiger charge is -2.29. The fraction of sp³-hybridized carbons (Fsp3) is 1.00. The van der Waals surface area contributed by atoms with Gasteiger partial charge >= 0.3 is 0 Å². The molecule has 0 nitrogen and oxygen atoms in total. The second-order valence-corrected chi connectivity index (χ2v) is 3.62. The van der Waals surface area contributed by atoms with Gasteiger partial charge in [-0.2, -0.15) is 0 Å². The van der Waals surface area contributed by atoms with Crippen molar-refractivity contribution in [2.24, 2.45) is 5.92 Å². The summed E-state index contributed by atoms with van der Waals surface area (Å²) < 4.78 is 0. The van der Waals surface area contributed by atoms with Gasteiger partial charge in [-0.25, -0.2) is 0 Å². The Morgan fingerprint density at radius 3 is 2.56 bits per heavy atom. The van der Waals surface area contributed by atoms with Crippen LogP contribution in [0.3, 0.4) is 0 Å². The highest BCUT2D eigenvalue weighted by Gasteiger charge is 2.23. The number of rotatable bonds is 3. The van der Waals surface area contributed by atoms with E-state index < -0.39 is 0 Å². The van der Waals surface area contributed by atoms with Crippen LogP contribution in [0.5, 0.6) is 0 Å². The molecular weight excluding hydrogens is 128 g/mol. The highest BCUT2D eigenvalue weighted by Crippen LogP contribution is 2.33. The topological polar surface area (TPSA) is 0 Å². The van der Waals surface area contributed by atoms with E-state index in [1.165, 1.54) is 32.1 Å². The molecule has 1 saturated carbocycles. The summed E-state index contributed by atoms with van der Waals surface area (Å²) in [5.74, 6) is 0.917. The minimum atomic E-state index is 0.601. The molecule has 0 heterocycles. The molecule has 0 N–H and O–H groups in total. The molecule has 0 aliphatic heterocycles. The second kappa shape index (κ2) is 3.50. The molecule has 0 saturated heterocycles. The first-order valence-corrected chi connectivity index (χ1v) is 4.47.